The van der Waals surface area contributed by atoms with E-state index in [1.165, 1.54) is 38.0 Å². The molecule has 1 aromatic rings. The van der Waals surface area contributed by atoms with Gasteiger partial charge in [-0.1, -0.05) is 22.4 Å². The molecule has 0 aromatic heterocycles. The van der Waals surface area contributed by atoms with Crippen molar-refractivity contribution in [2.45, 2.75) is 38.3 Å². The number of anilines is 2. The molecule has 2 aliphatic rings. The molecule has 0 amide bonds. The first-order valence-corrected chi connectivity index (χ1v) is 8.00. The van der Waals surface area contributed by atoms with E-state index in [4.69, 9.17) is 5.73 Å². The second-order valence-corrected chi connectivity index (χ2v) is 6.76. The molecule has 1 aromatic carbocycles. The Morgan fingerprint density at radius 2 is 2.11 bits per heavy atom. The third kappa shape index (κ3) is 2.61. The molecule has 0 spiro atoms. The molecule has 0 radical (unpaired) electrons. The van der Waals surface area contributed by atoms with Crippen molar-refractivity contribution in [1.29, 1.82) is 0 Å². The van der Waals surface area contributed by atoms with Crippen LogP contribution in [0.2, 0.25) is 0 Å². The lowest BCUT2D eigenvalue weighted by Gasteiger charge is -2.48. The van der Waals surface area contributed by atoms with Crippen LogP contribution in [-0.2, 0) is 0 Å². The minimum Gasteiger partial charge on any atom is -0.397 e. The highest BCUT2D eigenvalue weighted by atomic mass is 79.9. The summed E-state index contributed by atoms with van der Waals surface area (Å²) in [5.41, 5.74) is 8.27. The van der Waals surface area contributed by atoms with Crippen LogP contribution in [0.25, 0.3) is 0 Å². The molecule has 104 valence electrons. The number of halogens is 1. The van der Waals surface area contributed by atoms with Crippen LogP contribution in [0.15, 0.2) is 22.7 Å². The quantitative estimate of drug-likeness (QED) is 0.806. The molecule has 0 saturated carbocycles. The van der Waals surface area contributed by atoms with Crippen molar-refractivity contribution >= 4 is 27.3 Å². The van der Waals surface area contributed by atoms with Gasteiger partial charge in [0.25, 0.3) is 0 Å². The molecule has 19 heavy (non-hydrogen) atoms. The van der Waals surface area contributed by atoms with Crippen LogP contribution in [0.4, 0.5) is 11.4 Å². The first kappa shape index (κ1) is 13.3. The smallest absolute Gasteiger partial charge is 0.0604 e. The van der Waals surface area contributed by atoms with Crippen molar-refractivity contribution in [3.63, 3.8) is 0 Å². The number of hydrogen-bond donors (Lipinski definition) is 1. The summed E-state index contributed by atoms with van der Waals surface area (Å²) < 4.78 is 1.05. The van der Waals surface area contributed by atoms with Crippen molar-refractivity contribution in [2.75, 3.05) is 30.3 Å². The zero-order valence-electron chi connectivity index (χ0n) is 11.5. The fourth-order valence-electron chi connectivity index (χ4n) is 3.47. The third-order valence-electron chi connectivity index (χ3n) is 4.49. The Kier molecular flexibility index (Phi) is 3.72. The second kappa shape index (κ2) is 5.33. The SMILES string of the molecule is CC1CN2CCCCC2CN1c1ccc(Br)cc1N. The van der Waals surface area contributed by atoms with Crippen LogP contribution in [-0.4, -0.2) is 36.6 Å². The van der Waals surface area contributed by atoms with Gasteiger partial charge in [0.2, 0.25) is 0 Å². The molecule has 0 bridgehead atoms. The Balaban J connectivity index is 1.83. The van der Waals surface area contributed by atoms with Crippen LogP contribution in [0.3, 0.4) is 0 Å². The highest BCUT2D eigenvalue weighted by Gasteiger charge is 2.33. The predicted octanol–water partition coefficient (Wildman–Crippen LogP) is 3.09. The number of piperidine rings is 1. The van der Waals surface area contributed by atoms with Crippen molar-refractivity contribution in [3.8, 4) is 0 Å². The average molecular weight is 324 g/mol. The average Bonchev–Trinajstić information content (AvgIpc) is 2.38. The fraction of sp³-hybridized carbons (Fsp3) is 0.600. The maximum Gasteiger partial charge on any atom is 0.0604 e. The Labute approximate surface area is 123 Å². The highest BCUT2D eigenvalue weighted by molar-refractivity contribution is 9.10. The summed E-state index contributed by atoms with van der Waals surface area (Å²) in [5, 5.41) is 0. The molecule has 3 rings (SSSR count). The number of benzene rings is 1. The Bertz CT molecular complexity index is 463. The van der Waals surface area contributed by atoms with Gasteiger partial charge in [0.05, 0.1) is 11.4 Å². The van der Waals surface area contributed by atoms with Crippen LogP contribution in [0.1, 0.15) is 26.2 Å². The van der Waals surface area contributed by atoms with Gasteiger partial charge in [-0.25, -0.2) is 0 Å². The van der Waals surface area contributed by atoms with E-state index >= 15 is 0 Å². The van der Waals surface area contributed by atoms with E-state index in [1.54, 1.807) is 0 Å². The lowest BCUT2D eigenvalue weighted by molar-refractivity contribution is 0.115. The standard InChI is InChI=1S/C15H22BrN3/c1-11-9-18-7-3-2-4-13(18)10-19(11)15-6-5-12(16)8-14(15)17/h5-6,8,11,13H,2-4,7,9-10,17H2,1H3. The first-order valence-electron chi connectivity index (χ1n) is 7.21. The Hall–Kier alpha value is -0.740. The van der Waals surface area contributed by atoms with Crippen LogP contribution >= 0.6 is 15.9 Å². The summed E-state index contributed by atoms with van der Waals surface area (Å²) in [4.78, 5) is 5.16. The van der Waals surface area contributed by atoms with Crippen molar-refractivity contribution in [2.24, 2.45) is 0 Å². The molecular weight excluding hydrogens is 302 g/mol. The molecule has 2 heterocycles. The number of nitrogens with zero attached hydrogens (tertiary/aromatic N) is 2. The minimum atomic E-state index is 0.540. The van der Waals surface area contributed by atoms with Crippen LogP contribution < -0.4 is 10.6 Å². The van der Waals surface area contributed by atoms with E-state index in [9.17, 15) is 0 Å². The number of nitrogen functional groups attached to an aromatic ring is 1. The molecule has 2 saturated heterocycles. The predicted molar refractivity (Wildman–Crippen MR) is 84.6 cm³/mol. The minimum absolute atomic E-state index is 0.540. The van der Waals surface area contributed by atoms with Gasteiger partial charge in [-0.05, 0) is 44.5 Å². The Morgan fingerprint density at radius 1 is 1.26 bits per heavy atom. The molecule has 2 aliphatic heterocycles. The number of hydrogen-bond acceptors (Lipinski definition) is 3. The molecule has 0 aliphatic carbocycles. The summed E-state index contributed by atoms with van der Waals surface area (Å²) in [6.45, 7) is 5.87. The summed E-state index contributed by atoms with van der Waals surface area (Å²) in [7, 11) is 0. The summed E-state index contributed by atoms with van der Waals surface area (Å²) in [6, 6.07) is 7.50. The zero-order chi connectivity index (χ0) is 13.4. The monoisotopic (exact) mass is 323 g/mol. The molecule has 2 fully saturated rings. The fourth-order valence-corrected chi connectivity index (χ4v) is 3.85. The number of fused-ring (bicyclic) bond motifs is 1. The van der Waals surface area contributed by atoms with Gasteiger partial charge in [-0.2, -0.15) is 0 Å². The van der Waals surface area contributed by atoms with E-state index in [-0.39, 0.29) is 0 Å². The summed E-state index contributed by atoms with van der Waals surface area (Å²) in [6.07, 6.45) is 4.07. The van der Waals surface area contributed by atoms with E-state index < -0.39 is 0 Å². The van der Waals surface area contributed by atoms with E-state index in [0.717, 1.165) is 16.7 Å². The topological polar surface area (TPSA) is 32.5 Å². The third-order valence-corrected chi connectivity index (χ3v) is 4.98. The Morgan fingerprint density at radius 3 is 2.89 bits per heavy atom. The maximum atomic E-state index is 6.20. The molecular formula is C15H22BrN3. The van der Waals surface area contributed by atoms with Crippen LogP contribution in [0, 0.1) is 0 Å². The van der Waals surface area contributed by atoms with Gasteiger partial charge >= 0.3 is 0 Å². The van der Waals surface area contributed by atoms with Gasteiger partial charge in [-0.15, -0.1) is 0 Å². The van der Waals surface area contributed by atoms with Gasteiger partial charge in [0, 0.05) is 29.6 Å². The highest BCUT2D eigenvalue weighted by Crippen LogP contribution is 2.32. The molecule has 2 atom stereocenters. The van der Waals surface area contributed by atoms with Gasteiger partial charge in [0.1, 0.15) is 0 Å². The van der Waals surface area contributed by atoms with E-state index in [1.807, 2.05) is 6.07 Å². The van der Waals surface area contributed by atoms with Gasteiger partial charge in [-0.3, -0.25) is 4.90 Å². The number of rotatable bonds is 1. The first-order chi connectivity index (χ1) is 9.15. The largest absolute Gasteiger partial charge is 0.397 e. The number of nitrogens with two attached hydrogens (primary N) is 1. The molecule has 4 heteroatoms. The van der Waals surface area contributed by atoms with Gasteiger partial charge in [0.15, 0.2) is 0 Å². The molecule has 2 unspecified atom stereocenters. The van der Waals surface area contributed by atoms with Crippen LogP contribution in [0.5, 0.6) is 0 Å². The summed E-state index contributed by atoms with van der Waals surface area (Å²) in [5.74, 6) is 0. The van der Waals surface area contributed by atoms with Crippen molar-refractivity contribution < 1.29 is 0 Å². The molecule has 3 nitrogen and oxygen atoms in total. The van der Waals surface area contributed by atoms with Gasteiger partial charge < -0.3 is 10.6 Å². The molecule has 2 N–H and O–H groups in total. The summed E-state index contributed by atoms with van der Waals surface area (Å²) >= 11 is 3.48. The van der Waals surface area contributed by atoms with Crippen molar-refractivity contribution in [3.05, 3.63) is 22.7 Å². The lowest BCUT2D eigenvalue weighted by atomic mass is 9.96. The van der Waals surface area contributed by atoms with E-state index in [0.29, 0.717) is 12.1 Å². The maximum absolute atomic E-state index is 6.20. The zero-order valence-corrected chi connectivity index (χ0v) is 13.1. The lowest BCUT2D eigenvalue weighted by Crippen LogP contribution is -2.59. The van der Waals surface area contributed by atoms with Crippen molar-refractivity contribution in [1.82, 2.24) is 4.90 Å². The normalized spacial score (nSPS) is 28.2. The van der Waals surface area contributed by atoms with E-state index in [2.05, 4.69) is 44.8 Å². The number of piperazine rings is 1. The second-order valence-electron chi connectivity index (χ2n) is 5.85.